The van der Waals surface area contributed by atoms with Gasteiger partial charge in [-0.05, 0) is 76.9 Å². The van der Waals surface area contributed by atoms with Crippen molar-refractivity contribution in [2.45, 2.75) is 5.41 Å². The van der Waals surface area contributed by atoms with Gasteiger partial charge in [-0.15, -0.1) is 0 Å². The summed E-state index contributed by atoms with van der Waals surface area (Å²) in [5, 5.41) is 27.7. The van der Waals surface area contributed by atoms with Crippen molar-refractivity contribution >= 4 is 45.8 Å². The number of hydrogen-bond donors (Lipinski definition) is 2. The molecule has 1 spiro atoms. The lowest BCUT2D eigenvalue weighted by molar-refractivity contribution is 0.425. The first kappa shape index (κ1) is 20.1. The number of benzene rings is 5. The van der Waals surface area contributed by atoms with E-state index in [9.17, 15) is 10.0 Å². The first-order chi connectivity index (χ1) is 17.7. The minimum atomic E-state index is -1.52. The van der Waals surface area contributed by atoms with Crippen LogP contribution in [0.5, 0.6) is 0 Å². The molecule has 0 bridgehead atoms. The number of rotatable bonds is 1. The van der Waals surface area contributed by atoms with Crippen LogP contribution < -0.4 is 15.9 Å². The summed E-state index contributed by atoms with van der Waals surface area (Å²) in [4.78, 5) is 0. The van der Waals surface area contributed by atoms with Crippen molar-refractivity contribution in [3.63, 3.8) is 0 Å². The molecular weight excluding hydrogens is 439 g/mol. The SMILES string of the molecule is OB(O)c1ccc2c(c1)C1(C=CC=C3C=c4c(c5ccccc5c5ccccc45)=C31)c1ccccc1-2. The number of fused-ring (bicyclic) bond motifs is 13. The van der Waals surface area contributed by atoms with Gasteiger partial charge in [0.15, 0.2) is 0 Å². The van der Waals surface area contributed by atoms with Gasteiger partial charge in [0.25, 0.3) is 0 Å². The molecule has 168 valence electrons. The van der Waals surface area contributed by atoms with Crippen LogP contribution in [0.1, 0.15) is 11.1 Å². The van der Waals surface area contributed by atoms with Crippen LogP contribution in [0.2, 0.25) is 0 Å². The topological polar surface area (TPSA) is 40.5 Å². The Bertz CT molecular complexity index is 1980. The smallest absolute Gasteiger partial charge is 0.423 e. The Hall–Kier alpha value is -4.18. The molecule has 3 heteroatoms. The first-order valence-electron chi connectivity index (χ1n) is 12.3. The molecule has 0 fully saturated rings. The molecule has 5 aromatic rings. The van der Waals surface area contributed by atoms with Crippen molar-refractivity contribution in [1.82, 2.24) is 0 Å². The molecule has 0 amide bonds. The Balaban J connectivity index is 1.64. The van der Waals surface area contributed by atoms with E-state index in [1.165, 1.54) is 54.3 Å². The van der Waals surface area contributed by atoms with E-state index in [1.54, 1.807) is 0 Å². The van der Waals surface area contributed by atoms with E-state index in [0.717, 1.165) is 11.1 Å². The summed E-state index contributed by atoms with van der Waals surface area (Å²) in [6.07, 6.45) is 9.03. The fraction of sp³-hybridized carbons (Fsp3) is 0.0303. The Morgan fingerprint density at radius 3 is 2.11 bits per heavy atom. The summed E-state index contributed by atoms with van der Waals surface area (Å²) in [5.41, 5.74) is 7.16. The van der Waals surface area contributed by atoms with E-state index in [1.807, 2.05) is 18.2 Å². The predicted molar refractivity (Wildman–Crippen MR) is 148 cm³/mol. The molecule has 3 aliphatic rings. The van der Waals surface area contributed by atoms with Crippen molar-refractivity contribution in [2.75, 3.05) is 0 Å². The molecule has 1 unspecified atom stereocenters. The third kappa shape index (κ3) is 2.34. The van der Waals surface area contributed by atoms with Crippen molar-refractivity contribution in [3.8, 4) is 11.1 Å². The van der Waals surface area contributed by atoms with Crippen LogP contribution in [0.15, 0.2) is 115 Å². The van der Waals surface area contributed by atoms with Gasteiger partial charge in [0.05, 0.1) is 5.41 Å². The van der Waals surface area contributed by atoms with E-state index in [2.05, 4.69) is 97.1 Å². The quantitative estimate of drug-likeness (QED) is 0.293. The standard InChI is InChI=1S/C33H21BO2/c35-34(36)21-15-16-26-25-12-5-6-14-29(25)33(30(26)19-21)17-7-8-20-18-28-24-11-2-1-9-22(24)23-10-3-4-13-27(23)31(28)32(20)33/h1-19,35-36H. The second-order valence-electron chi connectivity index (χ2n) is 9.91. The summed E-state index contributed by atoms with van der Waals surface area (Å²) in [5.74, 6) is 0. The van der Waals surface area contributed by atoms with Crippen LogP contribution in [-0.2, 0) is 5.41 Å². The summed E-state index contributed by atoms with van der Waals surface area (Å²) >= 11 is 0. The van der Waals surface area contributed by atoms with Crippen LogP contribution in [-0.4, -0.2) is 17.2 Å². The predicted octanol–water partition coefficient (Wildman–Crippen LogP) is 4.08. The van der Waals surface area contributed by atoms with E-state index in [4.69, 9.17) is 0 Å². The van der Waals surface area contributed by atoms with E-state index < -0.39 is 12.5 Å². The third-order valence-corrected chi connectivity index (χ3v) is 8.24. The van der Waals surface area contributed by atoms with Gasteiger partial charge in [-0.2, -0.15) is 0 Å². The second-order valence-corrected chi connectivity index (χ2v) is 9.91. The zero-order chi connectivity index (χ0) is 24.0. The minimum absolute atomic E-state index is 0.511. The maximum atomic E-state index is 10.1. The molecule has 5 aromatic carbocycles. The van der Waals surface area contributed by atoms with E-state index in [0.29, 0.717) is 5.46 Å². The highest BCUT2D eigenvalue weighted by Crippen LogP contribution is 2.57. The Morgan fingerprint density at radius 2 is 1.31 bits per heavy atom. The Kier molecular flexibility index (Phi) is 3.87. The molecule has 8 rings (SSSR count). The molecule has 0 aliphatic heterocycles. The number of allylic oxidation sites excluding steroid dienone is 4. The van der Waals surface area contributed by atoms with Crippen LogP contribution in [0.4, 0.5) is 0 Å². The monoisotopic (exact) mass is 460 g/mol. The molecule has 1 atom stereocenters. The Morgan fingerprint density at radius 1 is 0.639 bits per heavy atom. The van der Waals surface area contributed by atoms with E-state index in [-0.39, 0.29) is 0 Å². The molecule has 2 nitrogen and oxygen atoms in total. The van der Waals surface area contributed by atoms with Gasteiger partial charge in [-0.1, -0.05) is 109 Å². The van der Waals surface area contributed by atoms with E-state index >= 15 is 0 Å². The van der Waals surface area contributed by atoms with Crippen LogP contribution >= 0.6 is 0 Å². The molecule has 0 heterocycles. The molecule has 3 aliphatic carbocycles. The van der Waals surface area contributed by atoms with Crippen LogP contribution in [0.25, 0.3) is 44.3 Å². The summed E-state index contributed by atoms with van der Waals surface area (Å²) in [6.45, 7) is 0. The highest BCUT2D eigenvalue weighted by molar-refractivity contribution is 6.58. The average Bonchev–Trinajstić information content (AvgIpc) is 3.45. The maximum Gasteiger partial charge on any atom is 0.488 e. The van der Waals surface area contributed by atoms with Gasteiger partial charge in [0.2, 0.25) is 0 Å². The second kappa shape index (κ2) is 6.95. The fourth-order valence-electron chi connectivity index (χ4n) is 6.84. The molecular formula is C33H21BO2. The minimum Gasteiger partial charge on any atom is -0.423 e. The highest BCUT2D eigenvalue weighted by Gasteiger charge is 2.47. The lowest BCUT2D eigenvalue weighted by atomic mass is 9.66. The highest BCUT2D eigenvalue weighted by atomic mass is 16.4. The molecule has 36 heavy (non-hydrogen) atoms. The van der Waals surface area contributed by atoms with Crippen molar-refractivity contribution in [3.05, 3.63) is 136 Å². The van der Waals surface area contributed by atoms with Gasteiger partial charge < -0.3 is 10.0 Å². The van der Waals surface area contributed by atoms with Crippen LogP contribution in [0, 0.1) is 0 Å². The first-order valence-corrected chi connectivity index (χ1v) is 12.3. The lowest BCUT2D eigenvalue weighted by Gasteiger charge is -2.34. The fourth-order valence-corrected chi connectivity index (χ4v) is 6.84. The zero-order valence-electron chi connectivity index (χ0n) is 19.4. The maximum absolute atomic E-state index is 10.1. The largest absolute Gasteiger partial charge is 0.488 e. The lowest BCUT2D eigenvalue weighted by Crippen LogP contribution is -2.36. The Labute approximate surface area is 208 Å². The average molecular weight is 460 g/mol. The van der Waals surface area contributed by atoms with Crippen LogP contribution in [0.3, 0.4) is 0 Å². The molecule has 0 saturated heterocycles. The third-order valence-electron chi connectivity index (χ3n) is 8.24. The van der Waals surface area contributed by atoms with Gasteiger partial charge in [-0.3, -0.25) is 0 Å². The van der Waals surface area contributed by atoms with Gasteiger partial charge >= 0.3 is 7.12 Å². The summed E-state index contributed by atoms with van der Waals surface area (Å²) < 4.78 is 0. The molecule has 2 N–H and O–H groups in total. The van der Waals surface area contributed by atoms with Crippen molar-refractivity contribution in [2.24, 2.45) is 0 Å². The van der Waals surface area contributed by atoms with Crippen molar-refractivity contribution in [1.29, 1.82) is 0 Å². The molecule has 0 saturated carbocycles. The summed E-state index contributed by atoms with van der Waals surface area (Å²) in [7, 11) is -1.52. The van der Waals surface area contributed by atoms with Crippen molar-refractivity contribution < 1.29 is 10.0 Å². The normalized spacial score (nSPS) is 18.6. The van der Waals surface area contributed by atoms with Gasteiger partial charge in [0, 0.05) is 0 Å². The molecule has 0 aromatic heterocycles. The van der Waals surface area contributed by atoms with Gasteiger partial charge in [-0.25, -0.2) is 0 Å². The number of hydrogen-bond acceptors (Lipinski definition) is 2. The summed E-state index contributed by atoms with van der Waals surface area (Å²) in [6, 6.07) is 31.9. The molecule has 0 radical (unpaired) electrons. The van der Waals surface area contributed by atoms with Gasteiger partial charge in [0.1, 0.15) is 0 Å². The zero-order valence-corrected chi connectivity index (χ0v) is 19.4.